The Kier molecular flexibility index (Phi) is 10.0. The quantitative estimate of drug-likeness (QED) is 0.146. The van der Waals surface area contributed by atoms with Gasteiger partial charge < -0.3 is 10.0 Å². The van der Waals surface area contributed by atoms with Crippen LogP contribution in [0.3, 0.4) is 0 Å². The normalized spacial score (nSPS) is 11.7. The molecule has 0 aliphatic heterocycles. The second-order valence-electron chi connectivity index (χ2n) is 11.4. The first-order chi connectivity index (χ1) is 23.6. The molecule has 0 aliphatic carbocycles. The third kappa shape index (κ3) is 7.85. The molecule has 232 valence electrons. The highest BCUT2D eigenvalue weighted by molar-refractivity contribution is 5.79. The molecule has 1 atom stereocenters. The zero-order chi connectivity index (χ0) is 33.1. The molecule has 0 saturated carbocycles. The van der Waals surface area contributed by atoms with Gasteiger partial charge in [0.1, 0.15) is 5.92 Å². The summed E-state index contributed by atoms with van der Waals surface area (Å²) >= 11 is 0. The van der Waals surface area contributed by atoms with Crippen LogP contribution in [0.4, 0.5) is 17.1 Å². The van der Waals surface area contributed by atoms with Crippen LogP contribution < -0.4 is 4.90 Å². The summed E-state index contributed by atoms with van der Waals surface area (Å²) in [5.74, 6) is -2.18. The standard InChI is InChI=1S/C44H34N2O2/c45-32-40(44(47)48)31-35-19-27-42(28-20-35)46(43-29-23-39(24-30-43)37-13-5-2-6-14-37)41-25-17-34(18-26-41)10-8-7-9-33-15-21-38(22-16-33)36-11-3-1-4-12-36/h1-30,40H,31H2,(H,47,48)/b9-7+,10-8+. The van der Waals surface area contributed by atoms with Gasteiger partial charge in [-0.3, -0.25) is 4.79 Å². The molecule has 0 heterocycles. The predicted octanol–water partition coefficient (Wildman–Crippen LogP) is 11.0. The van der Waals surface area contributed by atoms with E-state index in [1.165, 1.54) is 11.1 Å². The highest BCUT2D eigenvalue weighted by Gasteiger charge is 2.18. The molecule has 0 radical (unpaired) electrons. The summed E-state index contributed by atoms with van der Waals surface area (Å²) < 4.78 is 0. The summed E-state index contributed by atoms with van der Waals surface area (Å²) in [6.45, 7) is 0. The molecule has 0 aliphatic rings. The Morgan fingerprint density at radius 1 is 0.562 bits per heavy atom. The maximum Gasteiger partial charge on any atom is 0.321 e. The average Bonchev–Trinajstić information content (AvgIpc) is 3.15. The van der Waals surface area contributed by atoms with E-state index in [0.29, 0.717) is 0 Å². The lowest BCUT2D eigenvalue weighted by Crippen LogP contribution is -2.14. The van der Waals surface area contributed by atoms with Gasteiger partial charge in [0.15, 0.2) is 0 Å². The number of nitriles is 1. The summed E-state index contributed by atoms with van der Waals surface area (Å²) in [5, 5.41) is 18.6. The number of carbonyl (C=O) groups is 1. The van der Waals surface area contributed by atoms with Crippen LogP contribution in [0.25, 0.3) is 34.4 Å². The number of allylic oxidation sites excluding steroid dienone is 2. The summed E-state index contributed by atoms with van der Waals surface area (Å²) in [6.07, 6.45) is 8.44. The van der Waals surface area contributed by atoms with Crippen molar-refractivity contribution in [1.29, 1.82) is 5.26 Å². The Bertz CT molecular complexity index is 2040. The van der Waals surface area contributed by atoms with Crippen molar-refractivity contribution in [2.24, 2.45) is 5.92 Å². The zero-order valence-corrected chi connectivity index (χ0v) is 26.4. The van der Waals surface area contributed by atoms with Gasteiger partial charge in [-0.25, -0.2) is 0 Å². The van der Waals surface area contributed by atoms with E-state index in [0.717, 1.165) is 44.9 Å². The minimum absolute atomic E-state index is 0.159. The summed E-state index contributed by atoms with van der Waals surface area (Å²) in [6, 6.07) is 55.7. The average molecular weight is 623 g/mol. The number of hydrogen-bond donors (Lipinski definition) is 1. The lowest BCUT2D eigenvalue weighted by Gasteiger charge is -2.26. The van der Waals surface area contributed by atoms with Gasteiger partial charge in [0.2, 0.25) is 0 Å². The molecule has 0 aromatic heterocycles. The van der Waals surface area contributed by atoms with Crippen molar-refractivity contribution >= 4 is 35.2 Å². The molecule has 0 saturated heterocycles. The molecule has 6 aromatic carbocycles. The second-order valence-corrected chi connectivity index (χ2v) is 11.4. The second kappa shape index (κ2) is 15.2. The number of hydrogen-bond acceptors (Lipinski definition) is 3. The molecule has 4 heteroatoms. The lowest BCUT2D eigenvalue weighted by atomic mass is 10.0. The van der Waals surface area contributed by atoms with E-state index in [2.05, 4.69) is 132 Å². The molecule has 0 spiro atoms. The molecule has 48 heavy (non-hydrogen) atoms. The van der Waals surface area contributed by atoms with Crippen molar-refractivity contribution in [3.8, 4) is 28.3 Å². The number of carboxylic acids is 1. The van der Waals surface area contributed by atoms with Gasteiger partial charge in [-0.15, -0.1) is 0 Å². The number of anilines is 3. The molecule has 1 N–H and O–H groups in total. The van der Waals surface area contributed by atoms with Gasteiger partial charge in [0.25, 0.3) is 0 Å². The molecule has 0 fully saturated rings. The van der Waals surface area contributed by atoms with Crippen molar-refractivity contribution in [3.63, 3.8) is 0 Å². The van der Waals surface area contributed by atoms with Gasteiger partial charge in [-0.2, -0.15) is 5.26 Å². The molecule has 0 amide bonds. The minimum Gasteiger partial charge on any atom is -0.480 e. The van der Waals surface area contributed by atoms with Gasteiger partial charge in [0.05, 0.1) is 6.07 Å². The smallest absolute Gasteiger partial charge is 0.321 e. The van der Waals surface area contributed by atoms with Crippen molar-refractivity contribution in [2.75, 3.05) is 4.90 Å². The third-order valence-corrected chi connectivity index (χ3v) is 8.18. The van der Waals surface area contributed by atoms with Crippen LogP contribution in [-0.2, 0) is 11.2 Å². The molecular formula is C44H34N2O2. The van der Waals surface area contributed by atoms with Crippen LogP contribution >= 0.6 is 0 Å². The van der Waals surface area contributed by atoms with Crippen LogP contribution in [0.5, 0.6) is 0 Å². The highest BCUT2D eigenvalue weighted by atomic mass is 16.4. The van der Waals surface area contributed by atoms with E-state index < -0.39 is 11.9 Å². The van der Waals surface area contributed by atoms with Gasteiger partial charge >= 0.3 is 5.97 Å². The monoisotopic (exact) mass is 622 g/mol. The molecular weight excluding hydrogens is 588 g/mol. The predicted molar refractivity (Wildman–Crippen MR) is 197 cm³/mol. The van der Waals surface area contributed by atoms with Crippen molar-refractivity contribution < 1.29 is 9.90 Å². The molecule has 0 bridgehead atoms. The van der Waals surface area contributed by atoms with Crippen molar-refractivity contribution in [2.45, 2.75) is 6.42 Å². The third-order valence-electron chi connectivity index (χ3n) is 8.18. The van der Waals surface area contributed by atoms with E-state index in [9.17, 15) is 15.2 Å². The van der Waals surface area contributed by atoms with Crippen molar-refractivity contribution in [3.05, 3.63) is 187 Å². The van der Waals surface area contributed by atoms with E-state index in [-0.39, 0.29) is 6.42 Å². The van der Waals surface area contributed by atoms with Crippen molar-refractivity contribution in [1.82, 2.24) is 0 Å². The Morgan fingerprint density at radius 2 is 0.938 bits per heavy atom. The van der Waals surface area contributed by atoms with E-state index in [1.807, 2.05) is 60.7 Å². The van der Waals surface area contributed by atoms with Crippen LogP contribution in [0.1, 0.15) is 16.7 Å². The largest absolute Gasteiger partial charge is 0.480 e. The summed E-state index contributed by atoms with van der Waals surface area (Å²) in [5.41, 5.74) is 10.6. The highest BCUT2D eigenvalue weighted by Crippen LogP contribution is 2.36. The minimum atomic E-state index is -1.11. The Hall–Kier alpha value is -6.44. The fraction of sp³-hybridized carbons (Fsp3) is 0.0455. The zero-order valence-electron chi connectivity index (χ0n) is 26.4. The molecule has 1 unspecified atom stereocenters. The van der Waals surface area contributed by atoms with Crippen LogP contribution in [-0.4, -0.2) is 11.1 Å². The molecule has 6 aromatic rings. The summed E-state index contributed by atoms with van der Waals surface area (Å²) in [4.78, 5) is 13.6. The first-order valence-corrected chi connectivity index (χ1v) is 15.8. The number of rotatable bonds is 11. The van der Waals surface area contributed by atoms with Gasteiger partial charge in [-0.05, 0) is 81.8 Å². The number of nitrogens with zero attached hydrogens (tertiary/aromatic N) is 2. The molecule has 4 nitrogen and oxygen atoms in total. The van der Waals surface area contributed by atoms with Gasteiger partial charge in [-0.1, -0.05) is 146 Å². The first kappa shape index (κ1) is 31.5. The van der Waals surface area contributed by atoms with E-state index in [1.54, 1.807) is 0 Å². The SMILES string of the molecule is N#CC(Cc1ccc(N(c2ccc(/C=C/C=C/c3ccc(-c4ccccc4)cc3)cc2)c2ccc(-c3ccccc3)cc2)cc1)C(=O)O. The van der Waals surface area contributed by atoms with Crippen LogP contribution in [0.15, 0.2) is 170 Å². The summed E-state index contributed by atoms with van der Waals surface area (Å²) in [7, 11) is 0. The molecule has 6 rings (SSSR count). The number of aliphatic carboxylic acids is 1. The van der Waals surface area contributed by atoms with Crippen LogP contribution in [0.2, 0.25) is 0 Å². The Balaban J connectivity index is 1.21. The first-order valence-electron chi connectivity index (χ1n) is 15.8. The topological polar surface area (TPSA) is 64.3 Å². The maximum absolute atomic E-state index is 11.4. The lowest BCUT2D eigenvalue weighted by molar-refractivity contribution is -0.139. The van der Waals surface area contributed by atoms with E-state index >= 15 is 0 Å². The fourth-order valence-corrected chi connectivity index (χ4v) is 5.57. The Morgan fingerprint density at radius 3 is 1.38 bits per heavy atom. The Labute approximate surface area is 281 Å². The number of benzene rings is 6. The maximum atomic E-state index is 11.4. The van der Waals surface area contributed by atoms with Gasteiger partial charge in [0, 0.05) is 17.1 Å². The fourth-order valence-electron chi connectivity index (χ4n) is 5.57. The van der Waals surface area contributed by atoms with E-state index in [4.69, 9.17) is 0 Å². The van der Waals surface area contributed by atoms with Crippen LogP contribution in [0, 0.1) is 17.2 Å². The number of carboxylic acid groups (broad SMARTS) is 1.